The molecule has 0 atom stereocenters. The standard InChI is InChI=1S/C10H7ClN4O/c1-14-5-15-9(13-14)7-4-6(11)2-3-8(7)12-10(15)16/h2-5H,1H3/p+1. The molecule has 0 spiro atoms. The van der Waals surface area contributed by atoms with Crippen molar-refractivity contribution in [2.24, 2.45) is 7.05 Å². The molecule has 0 saturated heterocycles. The summed E-state index contributed by atoms with van der Waals surface area (Å²) >= 11 is 5.93. The molecule has 0 bridgehead atoms. The number of aryl methyl sites for hydroxylation is 1. The number of halogens is 1. The predicted molar refractivity (Wildman–Crippen MR) is 59.5 cm³/mol. The summed E-state index contributed by atoms with van der Waals surface area (Å²) in [7, 11) is 1.77. The number of fused-ring (bicyclic) bond motifs is 3. The van der Waals surface area contributed by atoms with Crippen molar-refractivity contribution in [1.29, 1.82) is 0 Å². The van der Waals surface area contributed by atoms with Gasteiger partial charge in [0.25, 0.3) is 12.0 Å². The smallest absolute Gasteiger partial charge is 0.286 e. The molecule has 1 aromatic carbocycles. The summed E-state index contributed by atoms with van der Waals surface area (Å²) in [6.07, 6.45) is 1.62. The van der Waals surface area contributed by atoms with Gasteiger partial charge in [-0.1, -0.05) is 11.6 Å². The lowest BCUT2D eigenvalue weighted by Crippen LogP contribution is -2.29. The van der Waals surface area contributed by atoms with Gasteiger partial charge in [-0.15, -0.1) is 9.08 Å². The molecule has 0 aliphatic rings. The first kappa shape index (κ1) is 9.35. The first-order valence-corrected chi connectivity index (χ1v) is 5.09. The van der Waals surface area contributed by atoms with Gasteiger partial charge < -0.3 is 0 Å². The summed E-state index contributed by atoms with van der Waals surface area (Å²) in [6.45, 7) is 0. The molecule has 0 saturated carbocycles. The highest BCUT2D eigenvalue weighted by molar-refractivity contribution is 6.31. The van der Waals surface area contributed by atoms with Crippen LogP contribution in [0.5, 0.6) is 0 Å². The van der Waals surface area contributed by atoms with Gasteiger partial charge in [0.1, 0.15) is 7.05 Å². The molecule has 5 nitrogen and oxygen atoms in total. The van der Waals surface area contributed by atoms with Crippen LogP contribution in [-0.4, -0.2) is 14.5 Å². The van der Waals surface area contributed by atoms with Crippen molar-refractivity contribution in [2.75, 3.05) is 0 Å². The lowest BCUT2D eigenvalue weighted by atomic mass is 10.2. The number of aromatic amines is 1. The van der Waals surface area contributed by atoms with Crippen molar-refractivity contribution in [2.45, 2.75) is 0 Å². The van der Waals surface area contributed by atoms with E-state index in [1.54, 1.807) is 36.3 Å². The number of hydrogen-bond donors (Lipinski definition) is 1. The molecule has 0 radical (unpaired) electrons. The van der Waals surface area contributed by atoms with Gasteiger partial charge in [0.15, 0.2) is 0 Å². The third-order valence-electron chi connectivity index (χ3n) is 2.45. The Hall–Kier alpha value is -1.88. The van der Waals surface area contributed by atoms with E-state index in [1.165, 1.54) is 4.40 Å². The molecule has 80 valence electrons. The van der Waals surface area contributed by atoms with Gasteiger partial charge in [-0.05, 0) is 23.3 Å². The van der Waals surface area contributed by atoms with Crippen LogP contribution in [0, 0.1) is 0 Å². The van der Waals surface area contributed by atoms with Crippen molar-refractivity contribution >= 4 is 28.2 Å². The Balaban J connectivity index is 2.65. The van der Waals surface area contributed by atoms with Gasteiger partial charge in [-0.2, -0.15) is 0 Å². The minimum Gasteiger partial charge on any atom is -0.286 e. The summed E-state index contributed by atoms with van der Waals surface area (Å²) in [6, 6.07) is 5.29. The van der Waals surface area contributed by atoms with Crippen molar-refractivity contribution in [3.05, 3.63) is 40.0 Å². The van der Waals surface area contributed by atoms with E-state index in [1.807, 2.05) is 0 Å². The van der Waals surface area contributed by atoms with Crippen molar-refractivity contribution in [1.82, 2.24) is 14.5 Å². The Bertz CT molecular complexity index is 758. The van der Waals surface area contributed by atoms with E-state index >= 15 is 0 Å². The minimum absolute atomic E-state index is 0.210. The van der Waals surface area contributed by atoms with E-state index in [9.17, 15) is 4.79 Å². The Morgan fingerprint density at radius 3 is 3.12 bits per heavy atom. The number of hydrogen-bond acceptors (Lipinski definition) is 2. The Kier molecular flexibility index (Phi) is 1.79. The van der Waals surface area contributed by atoms with Gasteiger partial charge in [-0.25, -0.2) is 4.79 Å². The van der Waals surface area contributed by atoms with Gasteiger partial charge in [0.2, 0.25) is 0 Å². The maximum atomic E-state index is 11.7. The lowest BCUT2D eigenvalue weighted by Gasteiger charge is -1.95. The highest BCUT2D eigenvalue weighted by Gasteiger charge is 2.14. The molecule has 16 heavy (non-hydrogen) atoms. The summed E-state index contributed by atoms with van der Waals surface area (Å²) in [5, 5.41) is 5.69. The van der Waals surface area contributed by atoms with E-state index in [2.05, 4.69) is 10.1 Å². The third kappa shape index (κ3) is 1.22. The monoisotopic (exact) mass is 235 g/mol. The molecule has 2 aromatic heterocycles. The van der Waals surface area contributed by atoms with Crippen molar-refractivity contribution < 1.29 is 4.68 Å². The molecule has 3 rings (SSSR count). The van der Waals surface area contributed by atoms with E-state index in [0.29, 0.717) is 10.7 Å². The van der Waals surface area contributed by atoms with Crippen LogP contribution in [0.4, 0.5) is 0 Å². The normalized spacial score (nSPS) is 11.4. The molecule has 2 heterocycles. The molecule has 0 amide bonds. The maximum absolute atomic E-state index is 11.7. The Morgan fingerprint density at radius 1 is 1.50 bits per heavy atom. The molecular formula is C10H8ClN4O+. The van der Waals surface area contributed by atoms with Crippen LogP contribution >= 0.6 is 11.6 Å². The number of rotatable bonds is 0. The fraction of sp³-hybridized carbons (Fsp3) is 0.100. The lowest BCUT2D eigenvalue weighted by molar-refractivity contribution is -0.727. The number of nitrogens with zero attached hydrogens (tertiary/aromatic N) is 3. The van der Waals surface area contributed by atoms with E-state index in [4.69, 9.17) is 11.6 Å². The Labute approximate surface area is 94.9 Å². The maximum Gasteiger partial charge on any atom is 0.419 e. The summed E-state index contributed by atoms with van der Waals surface area (Å²) < 4.78 is 3.05. The first-order valence-electron chi connectivity index (χ1n) is 4.72. The molecule has 0 aliphatic carbocycles. The van der Waals surface area contributed by atoms with Crippen LogP contribution < -0.4 is 10.4 Å². The molecule has 1 N–H and O–H groups in total. The fourth-order valence-electron chi connectivity index (χ4n) is 1.76. The fourth-order valence-corrected chi connectivity index (χ4v) is 1.94. The van der Waals surface area contributed by atoms with Crippen LogP contribution in [0.15, 0.2) is 29.3 Å². The van der Waals surface area contributed by atoms with Crippen LogP contribution in [0.25, 0.3) is 16.6 Å². The second-order valence-electron chi connectivity index (χ2n) is 3.60. The molecular weight excluding hydrogens is 228 g/mol. The predicted octanol–water partition coefficient (Wildman–Crippen LogP) is 0.654. The topological polar surface area (TPSA) is 54.0 Å². The molecule has 6 heteroatoms. The average molecular weight is 236 g/mol. The summed E-state index contributed by atoms with van der Waals surface area (Å²) in [4.78, 5) is 14.5. The highest BCUT2D eigenvalue weighted by atomic mass is 35.5. The van der Waals surface area contributed by atoms with Gasteiger partial charge >= 0.3 is 5.69 Å². The summed E-state index contributed by atoms with van der Waals surface area (Å²) in [5.41, 5.74) is 1.12. The van der Waals surface area contributed by atoms with Crippen molar-refractivity contribution in [3.63, 3.8) is 0 Å². The van der Waals surface area contributed by atoms with Gasteiger partial charge in [-0.3, -0.25) is 4.98 Å². The number of benzene rings is 1. The molecule has 0 fully saturated rings. The number of H-pyrrole nitrogens is 1. The van der Waals surface area contributed by atoms with Crippen LogP contribution in [0.3, 0.4) is 0 Å². The van der Waals surface area contributed by atoms with Crippen LogP contribution in [-0.2, 0) is 7.05 Å². The first-order chi connectivity index (χ1) is 7.65. The van der Waals surface area contributed by atoms with Crippen LogP contribution in [0.2, 0.25) is 5.02 Å². The zero-order chi connectivity index (χ0) is 11.3. The number of nitrogens with one attached hydrogen (secondary N) is 1. The average Bonchev–Trinajstić information content (AvgIpc) is 2.62. The SMILES string of the molecule is C[n+]1cn2c(=O)[nH]c3ccc(Cl)cc3c2n1. The highest BCUT2D eigenvalue weighted by Crippen LogP contribution is 2.18. The molecule has 3 aromatic rings. The van der Waals surface area contributed by atoms with E-state index < -0.39 is 0 Å². The quantitative estimate of drug-likeness (QED) is 0.582. The van der Waals surface area contributed by atoms with Crippen LogP contribution in [0.1, 0.15) is 0 Å². The van der Waals surface area contributed by atoms with E-state index in [-0.39, 0.29) is 5.69 Å². The zero-order valence-electron chi connectivity index (χ0n) is 8.44. The largest absolute Gasteiger partial charge is 0.419 e. The van der Waals surface area contributed by atoms with Gasteiger partial charge in [0, 0.05) is 5.02 Å². The minimum atomic E-state index is -0.210. The van der Waals surface area contributed by atoms with E-state index in [0.717, 1.165) is 10.9 Å². The second-order valence-corrected chi connectivity index (χ2v) is 4.04. The second kappa shape index (κ2) is 3.05. The summed E-state index contributed by atoms with van der Waals surface area (Å²) in [5.74, 6) is 0. The number of aromatic nitrogens is 4. The van der Waals surface area contributed by atoms with Gasteiger partial charge in [0.05, 0.1) is 10.9 Å². The zero-order valence-corrected chi connectivity index (χ0v) is 9.19. The molecule has 0 unspecified atom stereocenters. The third-order valence-corrected chi connectivity index (χ3v) is 2.68. The molecule has 0 aliphatic heterocycles. The Morgan fingerprint density at radius 2 is 2.31 bits per heavy atom. The van der Waals surface area contributed by atoms with Crippen molar-refractivity contribution in [3.8, 4) is 0 Å².